The van der Waals surface area contributed by atoms with Gasteiger partial charge in [-0.25, -0.2) is 4.79 Å². The standard InChI is InChI=1S/C19H18F3N3O3/c20-19(21,22)17(26)25(12-13-6-2-1-3-7-13)10-5-11-28-15-9-4-8-14-16(15)24-18(27)23-14/h1-4,6-9H,5,10-12H2,(H2,23,24,27). The van der Waals surface area contributed by atoms with Crippen LogP contribution < -0.4 is 10.4 Å². The summed E-state index contributed by atoms with van der Waals surface area (Å²) in [6, 6.07) is 13.5. The molecule has 1 aromatic heterocycles. The number of hydrogen-bond donors (Lipinski definition) is 2. The molecular weight excluding hydrogens is 375 g/mol. The largest absolute Gasteiger partial charge is 0.491 e. The van der Waals surface area contributed by atoms with Crippen LogP contribution in [0.3, 0.4) is 0 Å². The summed E-state index contributed by atoms with van der Waals surface area (Å²) in [5, 5.41) is 0. The summed E-state index contributed by atoms with van der Waals surface area (Å²) in [4.78, 5) is 29.1. The number of benzene rings is 2. The van der Waals surface area contributed by atoms with Crippen molar-refractivity contribution in [3.8, 4) is 5.75 Å². The molecule has 0 spiro atoms. The van der Waals surface area contributed by atoms with E-state index >= 15 is 0 Å². The Morgan fingerprint density at radius 3 is 2.50 bits per heavy atom. The minimum absolute atomic E-state index is 0.0861. The number of ether oxygens (including phenoxy) is 1. The van der Waals surface area contributed by atoms with Crippen molar-refractivity contribution in [1.29, 1.82) is 0 Å². The number of H-pyrrole nitrogens is 2. The van der Waals surface area contributed by atoms with Gasteiger partial charge in [-0.2, -0.15) is 13.2 Å². The van der Waals surface area contributed by atoms with Gasteiger partial charge in [0.05, 0.1) is 12.1 Å². The van der Waals surface area contributed by atoms with Gasteiger partial charge in [0.1, 0.15) is 11.3 Å². The lowest BCUT2D eigenvalue weighted by molar-refractivity contribution is -0.186. The smallest absolute Gasteiger partial charge is 0.471 e. The van der Waals surface area contributed by atoms with Crippen LogP contribution in [0.2, 0.25) is 0 Å². The van der Waals surface area contributed by atoms with Gasteiger partial charge in [0, 0.05) is 13.1 Å². The van der Waals surface area contributed by atoms with Crippen LogP contribution in [-0.2, 0) is 11.3 Å². The lowest BCUT2D eigenvalue weighted by Crippen LogP contribution is -2.41. The van der Waals surface area contributed by atoms with E-state index in [1.54, 1.807) is 48.5 Å². The molecule has 3 rings (SSSR count). The fourth-order valence-corrected chi connectivity index (χ4v) is 2.82. The van der Waals surface area contributed by atoms with Gasteiger partial charge in [-0.05, 0) is 24.1 Å². The number of halogens is 3. The van der Waals surface area contributed by atoms with Gasteiger partial charge in [-0.1, -0.05) is 36.4 Å². The van der Waals surface area contributed by atoms with Crippen molar-refractivity contribution in [3.05, 3.63) is 64.6 Å². The van der Waals surface area contributed by atoms with Crippen LogP contribution in [0.15, 0.2) is 53.3 Å². The van der Waals surface area contributed by atoms with Crippen molar-refractivity contribution in [3.63, 3.8) is 0 Å². The first-order valence-corrected chi connectivity index (χ1v) is 8.58. The number of nitrogens with one attached hydrogen (secondary N) is 2. The molecule has 0 saturated heterocycles. The number of fused-ring (bicyclic) bond motifs is 1. The lowest BCUT2D eigenvalue weighted by atomic mass is 10.2. The minimum atomic E-state index is -4.94. The van der Waals surface area contributed by atoms with E-state index < -0.39 is 12.1 Å². The first kappa shape index (κ1) is 19.5. The van der Waals surface area contributed by atoms with Crippen molar-refractivity contribution < 1.29 is 22.7 Å². The third-order valence-corrected chi connectivity index (χ3v) is 4.09. The molecule has 2 N–H and O–H groups in total. The Hall–Kier alpha value is -3.23. The number of nitrogens with zero attached hydrogens (tertiary/aromatic N) is 1. The highest BCUT2D eigenvalue weighted by Crippen LogP contribution is 2.22. The number of aromatic nitrogens is 2. The molecule has 3 aromatic rings. The Bertz CT molecular complexity index is 996. The average Bonchev–Trinajstić information content (AvgIpc) is 3.04. The van der Waals surface area contributed by atoms with Crippen molar-refractivity contribution in [2.45, 2.75) is 19.1 Å². The zero-order valence-corrected chi connectivity index (χ0v) is 14.8. The van der Waals surface area contributed by atoms with Gasteiger partial charge in [-0.15, -0.1) is 0 Å². The average molecular weight is 393 g/mol. The number of carbonyl (C=O) groups excluding carboxylic acids is 1. The molecule has 0 radical (unpaired) electrons. The topological polar surface area (TPSA) is 78.2 Å². The number of amides is 1. The lowest BCUT2D eigenvalue weighted by Gasteiger charge is -2.24. The van der Waals surface area contributed by atoms with E-state index in [1.807, 2.05) is 0 Å². The van der Waals surface area contributed by atoms with Gasteiger partial charge in [0.25, 0.3) is 0 Å². The Kier molecular flexibility index (Phi) is 5.72. The van der Waals surface area contributed by atoms with Crippen molar-refractivity contribution in [2.75, 3.05) is 13.2 Å². The van der Waals surface area contributed by atoms with Crippen LogP contribution in [0.4, 0.5) is 13.2 Å². The number of alkyl halides is 3. The summed E-state index contributed by atoms with van der Waals surface area (Å²) in [6.45, 7) is -0.171. The zero-order valence-electron chi connectivity index (χ0n) is 14.8. The molecule has 28 heavy (non-hydrogen) atoms. The minimum Gasteiger partial charge on any atom is -0.491 e. The van der Waals surface area contributed by atoms with Gasteiger partial charge >= 0.3 is 17.8 Å². The second-order valence-corrected chi connectivity index (χ2v) is 6.17. The molecule has 1 amide bonds. The third-order valence-electron chi connectivity index (χ3n) is 4.09. The van der Waals surface area contributed by atoms with Crippen LogP contribution in [0.1, 0.15) is 12.0 Å². The monoisotopic (exact) mass is 393 g/mol. The van der Waals surface area contributed by atoms with Crippen molar-refractivity contribution in [2.24, 2.45) is 0 Å². The first-order chi connectivity index (χ1) is 13.3. The molecule has 9 heteroatoms. The maximum atomic E-state index is 12.9. The second-order valence-electron chi connectivity index (χ2n) is 6.17. The van der Waals surface area contributed by atoms with Crippen LogP contribution in [0, 0.1) is 0 Å². The van der Waals surface area contributed by atoms with Crippen molar-refractivity contribution >= 4 is 16.9 Å². The number of hydrogen-bond acceptors (Lipinski definition) is 3. The predicted octanol–water partition coefficient (Wildman–Crippen LogP) is 3.22. The number of aromatic amines is 2. The van der Waals surface area contributed by atoms with E-state index in [9.17, 15) is 22.8 Å². The molecule has 0 aliphatic heterocycles. The normalized spacial score (nSPS) is 11.5. The van der Waals surface area contributed by atoms with Gasteiger partial charge in [0.15, 0.2) is 0 Å². The van der Waals surface area contributed by atoms with Crippen LogP contribution >= 0.6 is 0 Å². The molecule has 148 valence electrons. The van der Waals surface area contributed by atoms with E-state index in [0.29, 0.717) is 22.3 Å². The van der Waals surface area contributed by atoms with Gasteiger partial charge in [0.2, 0.25) is 0 Å². The number of rotatable bonds is 7. The fourth-order valence-electron chi connectivity index (χ4n) is 2.82. The summed E-state index contributed by atoms with van der Waals surface area (Å²) in [5.74, 6) is -1.47. The van der Waals surface area contributed by atoms with Gasteiger partial charge < -0.3 is 19.6 Å². The number of imidazole rings is 1. The second kappa shape index (κ2) is 8.20. The highest BCUT2D eigenvalue weighted by molar-refractivity contribution is 5.82. The molecule has 0 fully saturated rings. The van der Waals surface area contributed by atoms with Crippen LogP contribution in [0.5, 0.6) is 5.75 Å². The summed E-state index contributed by atoms with van der Waals surface area (Å²) in [5.41, 5.74) is 1.28. The molecule has 0 saturated carbocycles. The molecule has 0 bridgehead atoms. The van der Waals surface area contributed by atoms with E-state index in [2.05, 4.69) is 9.97 Å². The Labute approximate surface area is 157 Å². The molecule has 0 aliphatic rings. The molecular formula is C19H18F3N3O3. The summed E-state index contributed by atoms with van der Waals surface area (Å²) in [6.07, 6.45) is -4.74. The summed E-state index contributed by atoms with van der Waals surface area (Å²) < 4.78 is 44.3. The van der Waals surface area contributed by atoms with Crippen molar-refractivity contribution in [1.82, 2.24) is 14.9 Å². The van der Waals surface area contributed by atoms with Crippen LogP contribution in [-0.4, -0.2) is 40.1 Å². The summed E-state index contributed by atoms with van der Waals surface area (Å²) >= 11 is 0. The van der Waals surface area contributed by atoms with E-state index in [0.717, 1.165) is 4.90 Å². The quantitative estimate of drug-likeness (QED) is 0.605. The zero-order chi connectivity index (χ0) is 20.1. The molecule has 0 atom stereocenters. The van der Waals surface area contributed by atoms with E-state index in [4.69, 9.17) is 4.74 Å². The highest BCUT2D eigenvalue weighted by atomic mass is 19.4. The highest BCUT2D eigenvalue weighted by Gasteiger charge is 2.42. The van der Waals surface area contributed by atoms with Gasteiger partial charge in [-0.3, -0.25) is 4.79 Å². The molecule has 0 unspecified atom stereocenters. The fraction of sp³-hybridized carbons (Fsp3) is 0.263. The Balaban J connectivity index is 1.63. The van der Waals surface area contributed by atoms with E-state index in [1.165, 1.54) is 0 Å². The SMILES string of the molecule is O=C(N(CCCOc1cccc2[nH]c(=O)[nH]c12)Cc1ccccc1)C(F)(F)F. The predicted molar refractivity (Wildman–Crippen MR) is 96.9 cm³/mol. The molecule has 1 heterocycles. The summed E-state index contributed by atoms with van der Waals surface area (Å²) in [7, 11) is 0. The number of para-hydroxylation sites is 1. The van der Waals surface area contributed by atoms with Crippen LogP contribution in [0.25, 0.3) is 11.0 Å². The maximum absolute atomic E-state index is 12.9. The third kappa shape index (κ3) is 4.73. The Morgan fingerprint density at radius 1 is 1.04 bits per heavy atom. The first-order valence-electron chi connectivity index (χ1n) is 8.58. The molecule has 0 aliphatic carbocycles. The molecule has 2 aromatic carbocycles. The Morgan fingerprint density at radius 2 is 1.79 bits per heavy atom. The number of carbonyl (C=O) groups is 1. The molecule has 6 nitrogen and oxygen atoms in total. The maximum Gasteiger partial charge on any atom is 0.471 e. The van der Waals surface area contributed by atoms with E-state index in [-0.39, 0.29) is 31.8 Å².